The fourth-order valence-corrected chi connectivity index (χ4v) is 2.25. The summed E-state index contributed by atoms with van der Waals surface area (Å²) < 4.78 is 23.9. The van der Waals surface area contributed by atoms with E-state index in [1.807, 2.05) is 0 Å². The molecule has 0 bridgehead atoms. The molecule has 100 valence electrons. The number of aromatic nitrogens is 2. The van der Waals surface area contributed by atoms with Crippen molar-refractivity contribution in [3.63, 3.8) is 0 Å². The van der Waals surface area contributed by atoms with Gasteiger partial charge < -0.3 is 9.26 Å². The molecule has 3 rings (SSSR count). The Balaban J connectivity index is 1.91. The van der Waals surface area contributed by atoms with Crippen LogP contribution in [0.15, 0.2) is 28.8 Å². The van der Waals surface area contributed by atoms with Gasteiger partial charge in [-0.15, -0.1) is 0 Å². The Bertz CT molecular complexity index is 576. The van der Waals surface area contributed by atoms with Crippen LogP contribution in [0.2, 0.25) is 0 Å². The van der Waals surface area contributed by atoms with Gasteiger partial charge in [0.25, 0.3) is 0 Å². The van der Waals surface area contributed by atoms with Crippen LogP contribution in [0.3, 0.4) is 0 Å². The Morgan fingerprint density at radius 1 is 1.26 bits per heavy atom. The van der Waals surface area contributed by atoms with Crippen molar-refractivity contribution in [2.45, 2.75) is 25.2 Å². The molecule has 19 heavy (non-hydrogen) atoms. The first-order valence-corrected chi connectivity index (χ1v) is 6.35. The minimum Gasteiger partial charge on any atom is -0.381 e. The average Bonchev–Trinajstić information content (AvgIpc) is 2.90. The van der Waals surface area contributed by atoms with Crippen LogP contribution in [0.25, 0.3) is 11.4 Å². The van der Waals surface area contributed by atoms with Crippen LogP contribution in [0.4, 0.5) is 4.39 Å². The quantitative estimate of drug-likeness (QED) is 0.834. The maximum atomic E-state index is 13.2. The lowest BCUT2D eigenvalue weighted by atomic mass is 9.82. The SMILES string of the molecule is CC1(c2nc(-c3cccc(F)c3)no2)CCOCC1. The number of hydrogen-bond donors (Lipinski definition) is 0. The van der Waals surface area contributed by atoms with Crippen molar-refractivity contribution >= 4 is 0 Å². The predicted octanol–water partition coefficient (Wildman–Crippen LogP) is 2.94. The second-order valence-electron chi connectivity index (χ2n) is 5.11. The molecule has 1 aliphatic heterocycles. The Kier molecular flexibility index (Phi) is 3.06. The Labute approximate surface area is 110 Å². The van der Waals surface area contributed by atoms with E-state index in [9.17, 15) is 4.39 Å². The summed E-state index contributed by atoms with van der Waals surface area (Å²) in [6.07, 6.45) is 1.72. The van der Waals surface area contributed by atoms with Crippen LogP contribution in [0.5, 0.6) is 0 Å². The van der Waals surface area contributed by atoms with E-state index in [1.165, 1.54) is 12.1 Å². The average molecular weight is 262 g/mol. The first-order valence-electron chi connectivity index (χ1n) is 6.35. The normalized spacial score (nSPS) is 18.4. The van der Waals surface area contributed by atoms with Crippen LogP contribution >= 0.6 is 0 Å². The molecule has 0 radical (unpaired) electrons. The number of halogens is 1. The van der Waals surface area contributed by atoms with Gasteiger partial charge >= 0.3 is 0 Å². The van der Waals surface area contributed by atoms with E-state index in [-0.39, 0.29) is 11.2 Å². The van der Waals surface area contributed by atoms with Crippen LogP contribution in [-0.2, 0) is 10.2 Å². The summed E-state index contributed by atoms with van der Waals surface area (Å²) in [7, 11) is 0. The summed E-state index contributed by atoms with van der Waals surface area (Å²) in [5, 5.41) is 3.95. The molecule has 0 atom stereocenters. The van der Waals surface area contributed by atoms with Crippen molar-refractivity contribution in [3.05, 3.63) is 36.0 Å². The minimum atomic E-state index is -0.305. The molecule has 0 amide bonds. The molecule has 0 aliphatic carbocycles. The van der Waals surface area contributed by atoms with Gasteiger partial charge in [-0.3, -0.25) is 0 Å². The van der Waals surface area contributed by atoms with Crippen molar-refractivity contribution < 1.29 is 13.7 Å². The van der Waals surface area contributed by atoms with Gasteiger partial charge in [0.2, 0.25) is 11.7 Å². The maximum Gasteiger partial charge on any atom is 0.233 e. The van der Waals surface area contributed by atoms with E-state index in [0.29, 0.717) is 30.5 Å². The zero-order valence-corrected chi connectivity index (χ0v) is 10.7. The monoisotopic (exact) mass is 262 g/mol. The summed E-state index contributed by atoms with van der Waals surface area (Å²) in [5.41, 5.74) is 0.488. The summed E-state index contributed by atoms with van der Waals surface area (Å²) >= 11 is 0. The molecule has 1 aromatic carbocycles. The van der Waals surface area contributed by atoms with Crippen molar-refractivity contribution in [2.24, 2.45) is 0 Å². The van der Waals surface area contributed by atoms with Crippen molar-refractivity contribution in [1.82, 2.24) is 10.1 Å². The topological polar surface area (TPSA) is 48.2 Å². The molecule has 1 aromatic heterocycles. The van der Waals surface area contributed by atoms with E-state index >= 15 is 0 Å². The number of rotatable bonds is 2. The maximum absolute atomic E-state index is 13.2. The minimum absolute atomic E-state index is 0.142. The van der Waals surface area contributed by atoms with Gasteiger partial charge in [0.05, 0.1) is 5.41 Å². The lowest BCUT2D eigenvalue weighted by molar-refractivity contribution is 0.0447. The van der Waals surface area contributed by atoms with Gasteiger partial charge in [-0.25, -0.2) is 4.39 Å². The number of benzene rings is 1. The van der Waals surface area contributed by atoms with Crippen LogP contribution in [-0.4, -0.2) is 23.4 Å². The fraction of sp³-hybridized carbons (Fsp3) is 0.429. The van der Waals surface area contributed by atoms with Gasteiger partial charge in [0.1, 0.15) is 5.82 Å². The summed E-state index contributed by atoms with van der Waals surface area (Å²) in [4.78, 5) is 4.42. The molecule has 1 fully saturated rings. The molecule has 0 unspecified atom stereocenters. The van der Waals surface area contributed by atoms with Crippen LogP contribution in [0.1, 0.15) is 25.7 Å². The van der Waals surface area contributed by atoms with Gasteiger partial charge in [-0.05, 0) is 25.0 Å². The molecule has 1 saturated heterocycles. The second kappa shape index (κ2) is 4.74. The van der Waals surface area contributed by atoms with E-state index in [0.717, 1.165) is 12.8 Å². The smallest absolute Gasteiger partial charge is 0.233 e. The Morgan fingerprint density at radius 3 is 2.79 bits per heavy atom. The highest BCUT2D eigenvalue weighted by molar-refractivity contribution is 5.54. The molecule has 5 heteroatoms. The van der Waals surface area contributed by atoms with E-state index in [2.05, 4.69) is 17.1 Å². The molecular formula is C14H15FN2O2. The van der Waals surface area contributed by atoms with E-state index in [4.69, 9.17) is 9.26 Å². The third kappa shape index (κ3) is 2.38. The summed E-state index contributed by atoms with van der Waals surface area (Å²) in [5.74, 6) is 0.735. The second-order valence-corrected chi connectivity index (χ2v) is 5.11. The van der Waals surface area contributed by atoms with Gasteiger partial charge in [-0.1, -0.05) is 24.2 Å². The summed E-state index contributed by atoms with van der Waals surface area (Å²) in [6, 6.07) is 6.20. The third-order valence-electron chi connectivity index (χ3n) is 3.62. The molecule has 0 N–H and O–H groups in total. The van der Waals surface area contributed by atoms with Crippen molar-refractivity contribution in [3.8, 4) is 11.4 Å². The third-order valence-corrected chi connectivity index (χ3v) is 3.62. The lowest BCUT2D eigenvalue weighted by Gasteiger charge is -2.29. The molecule has 0 saturated carbocycles. The molecule has 2 heterocycles. The summed E-state index contributed by atoms with van der Waals surface area (Å²) in [6.45, 7) is 3.50. The van der Waals surface area contributed by atoms with Crippen LogP contribution in [0, 0.1) is 5.82 Å². The standard InChI is InChI=1S/C14H15FN2O2/c1-14(5-7-18-8-6-14)13-16-12(17-19-13)10-3-2-4-11(15)9-10/h2-4,9H,5-8H2,1H3. The van der Waals surface area contributed by atoms with Crippen LogP contribution < -0.4 is 0 Å². The molecule has 2 aromatic rings. The van der Waals surface area contributed by atoms with Gasteiger partial charge in [-0.2, -0.15) is 4.98 Å². The largest absolute Gasteiger partial charge is 0.381 e. The fourth-order valence-electron chi connectivity index (χ4n) is 2.25. The highest BCUT2D eigenvalue weighted by atomic mass is 19.1. The van der Waals surface area contributed by atoms with E-state index < -0.39 is 0 Å². The molecular weight excluding hydrogens is 247 g/mol. The molecule has 0 spiro atoms. The van der Waals surface area contributed by atoms with Gasteiger partial charge in [0.15, 0.2) is 0 Å². The number of nitrogens with zero attached hydrogens (tertiary/aromatic N) is 2. The zero-order chi connectivity index (χ0) is 13.3. The molecule has 4 nitrogen and oxygen atoms in total. The van der Waals surface area contributed by atoms with Gasteiger partial charge in [0, 0.05) is 18.8 Å². The Hall–Kier alpha value is -1.75. The van der Waals surface area contributed by atoms with Crippen molar-refractivity contribution in [1.29, 1.82) is 0 Å². The van der Waals surface area contributed by atoms with Crippen molar-refractivity contribution in [2.75, 3.05) is 13.2 Å². The highest BCUT2D eigenvalue weighted by Crippen LogP contribution is 2.34. The number of ether oxygens (including phenoxy) is 1. The number of hydrogen-bond acceptors (Lipinski definition) is 4. The first kappa shape index (κ1) is 12.3. The zero-order valence-electron chi connectivity index (χ0n) is 10.7. The highest BCUT2D eigenvalue weighted by Gasteiger charge is 2.35. The molecule has 1 aliphatic rings. The first-order chi connectivity index (χ1) is 9.17. The lowest BCUT2D eigenvalue weighted by Crippen LogP contribution is -2.30. The Morgan fingerprint density at radius 2 is 2.05 bits per heavy atom. The predicted molar refractivity (Wildman–Crippen MR) is 67.1 cm³/mol. The van der Waals surface area contributed by atoms with E-state index in [1.54, 1.807) is 12.1 Å².